The van der Waals surface area contributed by atoms with Crippen LogP contribution in [0, 0.1) is 13.8 Å². The highest BCUT2D eigenvalue weighted by molar-refractivity contribution is 6.13. The van der Waals surface area contributed by atoms with Crippen molar-refractivity contribution in [3.8, 4) is 22.3 Å². The van der Waals surface area contributed by atoms with Gasteiger partial charge in [-0.2, -0.15) is 0 Å². The number of para-hydroxylation sites is 1. The van der Waals surface area contributed by atoms with Gasteiger partial charge in [-0.3, -0.25) is 0 Å². The average Bonchev–Trinajstić information content (AvgIpc) is 3.83. The first-order valence-electron chi connectivity index (χ1n) is 19.7. The van der Waals surface area contributed by atoms with Crippen LogP contribution in [0.25, 0.3) is 44.2 Å². The minimum atomic E-state index is -0.473. The quantitative estimate of drug-likeness (QED) is 0.176. The topological polar surface area (TPSA) is 16.4 Å². The van der Waals surface area contributed by atoms with Crippen LogP contribution in [-0.2, 0) is 10.8 Å². The minimum absolute atomic E-state index is 0.140. The number of aryl methyl sites for hydroxylation is 2. The lowest BCUT2D eigenvalue weighted by atomic mass is 9.67. The Labute approximate surface area is 328 Å². The molecule has 2 aliphatic rings. The molecule has 0 saturated carbocycles. The third-order valence-corrected chi connectivity index (χ3v) is 12.9. The third-order valence-electron chi connectivity index (χ3n) is 12.9. The average molecular weight is 720 g/mol. The first kappa shape index (κ1) is 32.8. The highest BCUT2D eigenvalue weighted by atomic mass is 16.3. The summed E-state index contributed by atoms with van der Waals surface area (Å²) in [7, 11) is 0. The van der Waals surface area contributed by atoms with E-state index in [0.29, 0.717) is 0 Å². The smallest absolute Gasteiger partial charge is 0.137 e. The second-order valence-electron chi connectivity index (χ2n) is 16.2. The van der Waals surface area contributed by atoms with Crippen LogP contribution in [0.2, 0.25) is 0 Å². The molecule has 9 aromatic rings. The molecule has 1 aromatic heterocycles. The molecule has 0 amide bonds. The van der Waals surface area contributed by atoms with E-state index < -0.39 is 5.41 Å². The lowest BCUT2D eigenvalue weighted by Crippen LogP contribution is -2.28. The molecule has 8 aromatic carbocycles. The van der Waals surface area contributed by atoms with Gasteiger partial charge in [0.15, 0.2) is 0 Å². The van der Waals surface area contributed by atoms with E-state index in [-0.39, 0.29) is 5.41 Å². The van der Waals surface area contributed by atoms with Gasteiger partial charge in [0.1, 0.15) is 11.2 Å². The van der Waals surface area contributed by atoms with Crippen molar-refractivity contribution in [1.82, 2.24) is 0 Å². The van der Waals surface area contributed by atoms with E-state index in [4.69, 9.17) is 4.42 Å². The molecule has 2 heteroatoms. The van der Waals surface area contributed by atoms with E-state index in [9.17, 15) is 0 Å². The van der Waals surface area contributed by atoms with Crippen molar-refractivity contribution in [2.75, 3.05) is 4.90 Å². The zero-order valence-electron chi connectivity index (χ0n) is 32.1. The molecule has 2 aliphatic carbocycles. The van der Waals surface area contributed by atoms with E-state index in [1.54, 1.807) is 0 Å². The van der Waals surface area contributed by atoms with E-state index in [1.165, 1.54) is 66.8 Å². The van der Waals surface area contributed by atoms with Crippen molar-refractivity contribution in [2.45, 2.75) is 38.5 Å². The Morgan fingerprint density at radius 3 is 1.82 bits per heavy atom. The van der Waals surface area contributed by atoms with Crippen molar-refractivity contribution in [1.29, 1.82) is 0 Å². The van der Waals surface area contributed by atoms with Gasteiger partial charge in [-0.05, 0) is 123 Å². The Bertz CT molecular complexity index is 2980. The fourth-order valence-corrected chi connectivity index (χ4v) is 10.1. The van der Waals surface area contributed by atoms with Gasteiger partial charge in [0.05, 0.1) is 16.5 Å². The molecule has 56 heavy (non-hydrogen) atoms. The summed E-state index contributed by atoms with van der Waals surface area (Å²) >= 11 is 0. The summed E-state index contributed by atoms with van der Waals surface area (Å²) in [5.41, 5.74) is 20.2. The molecular formula is C54H41NO. The van der Waals surface area contributed by atoms with Gasteiger partial charge in [0.2, 0.25) is 0 Å². The van der Waals surface area contributed by atoms with Gasteiger partial charge in [-0.15, -0.1) is 0 Å². The molecule has 0 aliphatic heterocycles. The van der Waals surface area contributed by atoms with E-state index in [1.807, 2.05) is 0 Å². The Morgan fingerprint density at radius 1 is 0.429 bits per heavy atom. The molecule has 11 rings (SSSR count). The van der Waals surface area contributed by atoms with Gasteiger partial charge in [0.25, 0.3) is 0 Å². The Balaban J connectivity index is 1.21. The van der Waals surface area contributed by atoms with Gasteiger partial charge in [-0.25, -0.2) is 0 Å². The molecule has 0 unspecified atom stereocenters. The fraction of sp³-hybridized carbons (Fsp3) is 0.111. The molecule has 0 bridgehead atoms. The van der Waals surface area contributed by atoms with E-state index >= 15 is 0 Å². The number of fused-ring (bicyclic) bond motifs is 9. The summed E-state index contributed by atoms with van der Waals surface area (Å²) in [5, 5.41) is 2.23. The fourth-order valence-electron chi connectivity index (χ4n) is 10.1. The van der Waals surface area contributed by atoms with Gasteiger partial charge >= 0.3 is 0 Å². The van der Waals surface area contributed by atoms with Crippen molar-refractivity contribution < 1.29 is 4.42 Å². The van der Waals surface area contributed by atoms with Crippen LogP contribution >= 0.6 is 0 Å². The highest BCUT2D eigenvalue weighted by Gasteiger charge is 2.46. The molecule has 0 fully saturated rings. The number of rotatable bonds is 5. The Hall–Kier alpha value is -6.64. The van der Waals surface area contributed by atoms with Crippen LogP contribution in [0.15, 0.2) is 180 Å². The zero-order chi connectivity index (χ0) is 37.8. The Morgan fingerprint density at radius 2 is 1.04 bits per heavy atom. The number of benzene rings is 8. The summed E-state index contributed by atoms with van der Waals surface area (Å²) in [6, 6.07) is 65.1. The summed E-state index contributed by atoms with van der Waals surface area (Å²) < 4.78 is 6.51. The second-order valence-corrected chi connectivity index (χ2v) is 16.2. The molecule has 0 atom stereocenters. The normalized spacial score (nSPS) is 14.4. The standard InChI is InChI=1S/C54H41NO/c1-34-30-43-44-32-38(27-29-46(44)54(48(43)31-35(34)2,36-16-7-5-8-17-36)37-18-9-6-10-19-37)55(49-23-15-25-51-52(49)42-21-12-14-24-50(42)56-51)39-26-28-41-40-20-11-13-22-45(40)53(3,4)47(41)33-39/h5-33H,1-4H3. The lowest BCUT2D eigenvalue weighted by molar-refractivity contribution is 0.660. The monoisotopic (exact) mass is 719 g/mol. The molecule has 1 heterocycles. The zero-order valence-corrected chi connectivity index (χ0v) is 32.1. The predicted octanol–water partition coefficient (Wildman–Crippen LogP) is 14.3. The van der Waals surface area contributed by atoms with Crippen molar-refractivity contribution in [3.05, 3.63) is 220 Å². The van der Waals surface area contributed by atoms with Gasteiger partial charge in [0, 0.05) is 22.2 Å². The maximum absolute atomic E-state index is 6.51. The summed E-state index contributed by atoms with van der Waals surface area (Å²) in [6.45, 7) is 9.21. The van der Waals surface area contributed by atoms with Gasteiger partial charge < -0.3 is 9.32 Å². The minimum Gasteiger partial charge on any atom is -0.456 e. The number of anilines is 3. The molecule has 2 nitrogen and oxygen atoms in total. The van der Waals surface area contributed by atoms with Crippen LogP contribution in [-0.4, -0.2) is 0 Å². The van der Waals surface area contributed by atoms with Gasteiger partial charge in [-0.1, -0.05) is 147 Å². The third kappa shape index (κ3) is 4.44. The van der Waals surface area contributed by atoms with Crippen molar-refractivity contribution in [2.24, 2.45) is 0 Å². The lowest BCUT2D eigenvalue weighted by Gasteiger charge is -2.34. The summed E-state index contributed by atoms with van der Waals surface area (Å²) in [6.07, 6.45) is 0. The largest absolute Gasteiger partial charge is 0.456 e. The summed E-state index contributed by atoms with van der Waals surface area (Å²) in [5.74, 6) is 0. The number of hydrogen-bond acceptors (Lipinski definition) is 2. The van der Waals surface area contributed by atoms with Crippen LogP contribution in [0.5, 0.6) is 0 Å². The Kier molecular flexibility index (Phi) is 6.98. The maximum atomic E-state index is 6.51. The molecule has 268 valence electrons. The molecule has 0 spiro atoms. The van der Waals surface area contributed by atoms with E-state index in [0.717, 1.165) is 39.0 Å². The van der Waals surface area contributed by atoms with Crippen molar-refractivity contribution >= 4 is 39.0 Å². The number of furan rings is 1. The van der Waals surface area contributed by atoms with Crippen LogP contribution < -0.4 is 4.90 Å². The predicted molar refractivity (Wildman–Crippen MR) is 233 cm³/mol. The molecule has 0 saturated heterocycles. The SMILES string of the molecule is Cc1cc2c(cc1C)C(c1ccccc1)(c1ccccc1)c1ccc(N(c3ccc4c(c3)C(C)(C)c3ccccc3-4)c3cccc4oc5ccccc5c34)cc1-2. The number of hydrogen-bond donors (Lipinski definition) is 0. The number of nitrogens with zero attached hydrogens (tertiary/aromatic N) is 1. The molecule has 0 N–H and O–H groups in total. The van der Waals surface area contributed by atoms with Crippen LogP contribution in [0.3, 0.4) is 0 Å². The van der Waals surface area contributed by atoms with E-state index in [2.05, 4.69) is 209 Å². The molecule has 0 radical (unpaired) electrons. The van der Waals surface area contributed by atoms with Crippen LogP contribution in [0.1, 0.15) is 58.4 Å². The second kappa shape index (κ2) is 11.9. The molecular weight excluding hydrogens is 679 g/mol. The first-order chi connectivity index (χ1) is 27.4. The van der Waals surface area contributed by atoms with Crippen LogP contribution in [0.4, 0.5) is 17.1 Å². The first-order valence-corrected chi connectivity index (χ1v) is 19.7. The van der Waals surface area contributed by atoms with Crippen molar-refractivity contribution in [3.63, 3.8) is 0 Å². The maximum Gasteiger partial charge on any atom is 0.137 e. The highest BCUT2D eigenvalue weighted by Crippen LogP contribution is 2.58. The summed E-state index contributed by atoms with van der Waals surface area (Å²) in [4.78, 5) is 2.47.